The van der Waals surface area contributed by atoms with E-state index in [1.165, 1.54) is 37.6 Å². The molecule has 7 rings (SSSR count). The van der Waals surface area contributed by atoms with Gasteiger partial charge in [0.15, 0.2) is 23.9 Å². The average molecular weight is 732 g/mol. The first kappa shape index (κ1) is 35.8. The monoisotopic (exact) mass is 730 g/mol. The fourth-order valence-corrected chi connectivity index (χ4v) is 7.75. The maximum atomic E-state index is 14.2. The van der Waals surface area contributed by atoms with Crippen LogP contribution in [0.5, 0.6) is 11.5 Å². The summed E-state index contributed by atoms with van der Waals surface area (Å²) in [6, 6.07) is 18.9. The molecule has 1 N–H and O–H groups in total. The highest BCUT2D eigenvalue weighted by Crippen LogP contribution is 2.41. The van der Waals surface area contributed by atoms with Gasteiger partial charge in [0.05, 0.1) is 38.0 Å². The number of rotatable bonds is 11. The number of pyridine rings is 1. The second-order valence-electron chi connectivity index (χ2n) is 12.7. The van der Waals surface area contributed by atoms with Crippen molar-refractivity contribution in [2.45, 2.75) is 37.8 Å². The van der Waals surface area contributed by atoms with Crippen LogP contribution in [0.4, 0.5) is 10.5 Å². The van der Waals surface area contributed by atoms with Gasteiger partial charge >= 0.3 is 12.1 Å². The van der Waals surface area contributed by atoms with Crippen molar-refractivity contribution in [1.29, 1.82) is 5.26 Å². The number of ether oxygens (including phenoxy) is 3. The summed E-state index contributed by atoms with van der Waals surface area (Å²) in [6.45, 7) is 2.50. The molecule has 4 heterocycles. The lowest BCUT2D eigenvalue weighted by Gasteiger charge is -2.44. The molecule has 0 aliphatic carbocycles. The number of carboxylic acids is 1. The Balaban J connectivity index is 1.50. The summed E-state index contributed by atoms with van der Waals surface area (Å²) < 4.78 is 17.8. The second kappa shape index (κ2) is 15.5. The number of hydrogen-bond acceptors (Lipinski definition) is 8. The van der Waals surface area contributed by atoms with Gasteiger partial charge in [-0.15, -0.1) is 0 Å². The molecule has 3 fully saturated rings. The third-order valence-electron chi connectivity index (χ3n) is 9.74. The Hall–Kier alpha value is -5.02. The number of aromatic nitrogens is 1. The molecule has 1 aromatic heterocycles. The van der Waals surface area contributed by atoms with E-state index < -0.39 is 18.0 Å². The van der Waals surface area contributed by atoms with Crippen LogP contribution < -0.4 is 19.1 Å². The van der Waals surface area contributed by atoms with Gasteiger partial charge in [-0.1, -0.05) is 47.5 Å². The van der Waals surface area contributed by atoms with Crippen LogP contribution in [0.2, 0.25) is 10.0 Å². The number of nitrogens with zero attached hydrogens (tertiary/aromatic N) is 4. The molecule has 3 aliphatic heterocycles. The van der Waals surface area contributed by atoms with E-state index in [1.54, 1.807) is 54.6 Å². The summed E-state index contributed by atoms with van der Waals surface area (Å²) in [7, 11) is 3.01. The zero-order valence-electron chi connectivity index (χ0n) is 28.1. The Morgan fingerprint density at radius 3 is 2.37 bits per heavy atom. The van der Waals surface area contributed by atoms with Gasteiger partial charge in [0.2, 0.25) is 0 Å². The number of carboxylic acid groups (broad SMARTS) is 1. The maximum absolute atomic E-state index is 14.2. The molecule has 0 spiro atoms. The van der Waals surface area contributed by atoms with E-state index in [-0.39, 0.29) is 40.6 Å². The van der Waals surface area contributed by atoms with Gasteiger partial charge in [0.1, 0.15) is 16.1 Å². The molecule has 3 aliphatic rings. The molecule has 13 heteroatoms. The van der Waals surface area contributed by atoms with Gasteiger partial charge < -0.3 is 24.5 Å². The third kappa shape index (κ3) is 7.69. The number of methoxy groups -OCH3 is 2. The first-order valence-corrected chi connectivity index (χ1v) is 17.2. The molecule has 0 radical (unpaired) electrons. The Morgan fingerprint density at radius 2 is 1.75 bits per heavy atom. The number of carbonyl (C=O) groups excluding carboxylic acids is 1. The number of carbonyl (C=O) groups is 2. The molecule has 3 aromatic carbocycles. The molecule has 264 valence electrons. The van der Waals surface area contributed by atoms with E-state index in [0.29, 0.717) is 56.3 Å². The normalized spacial score (nSPS) is 18.4. The molecular formula is C38H36Cl2N4O7. The lowest BCUT2D eigenvalue weighted by molar-refractivity contribution is -0.605. The van der Waals surface area contributed by atoms with Crippen LogP contribution in [-0.2, 0) is 17.7 Å². The quantitative estimate of drug-likeness (QED) is 0.130. The minimum atomic E-state index is -1.19. The van der Waals surface area contributed by atoms with E-state index >= 15 is 0 Å². The Kier molecular flexibility index (Phi) is 10.9. The van der Waals surface area contributed by atoms with E-state index in [1.807, 2.05) is 0 Å². The van der Waals surface area contributed by atoms with Crippen molar-refractivity contribution in [2.75, 3.05) is 38.8 Å². The Labute approximate surface area is 305 Å². The van der Waals surface area contributed by atoms with Crippen LogP contribution in [0.25, 0.3) is 0 Å². The number of fused-ring (bicyclic) bond motifs is 3. The third-order valence-corrected chi connectivity index (χ3v) is 10.4. The number of halogens is 2. The van der Waals surface area contributed by atoms with Crippen LogP contribution in [0.15, 0.2) is 73.1 Å². The number of anilines is 1. The maximum Gasteiger partial charge on any atom is 0.414 e. The second-order valence-corrected chi connectivity index (χ2v) is 13.5. The van der Waals surface area contributed by atoms with Crippen molar-refractivity contribution in [1.82, 2.24) is 4.90 Å². The fraction of sp³-hybridized carbons (Fsp3) is 0.316. The summed E-state index contributed by atoms with van der Waals surface area (Å²) in [5.41, 5.74) is 2.72. The molecule has 3 saturated heterocycles. The predicted octanol–water partition coefficient (Wildman–Crippen LogP) is 6.83. The van der Waals surface area contributed by atoms with Crippen molar-refractivity contribution in [3.63, 3.8) is 0 Å². The van der Waals surface area contributed by atoms with Crippen LogP contribution in [0, 0.1) is 22.5 Å². The number of nitriles is 1. The number of benzene rings is 3. The number of amides is 1. The van der Waals surface area contributed by atoms with E-state index in [0.717, 1.165) is 25.9 Å². The van der Waals surface area contributed by atoms with E-state index in [2.05, 4.69) is 11.0 Å². The fourth-order valence-electron chi connectivity index (χ4n) is 7.15. The molecule has 4 aromatic rings. The first-order valence-electron chi connectivity index (χ1n) is 16.4. The van der Waals surface area contributed by atoms with Gasteiger partial charge in [-0.3, -0.25) is 9.80 Å². The average Bonchev–Trinajstić information content (AvgIpc) is 3.13. The van der Waals surface area contributed by atoms with Crippen LogP contribution in [0.1, 0.15) is 56.9 Å². The summed E-state index contributed by atoms with van der Waals surface area (Å²) in [4.78, 5) is 30.9. The van der Waals surface area contributed by atoms with E-state index in [9.17, 15) is 25.2 Å². The predicted molar refractivity (Wildman–Crippen MR) is 191 cm³/mol. The summed E-state index contributed by atoms with van der Waals surface area (Å²) in [6.07, 6.45) is 3.44. The van der Waals surface area contributed by atoms with Crippen LogP contribution >= 0.6 is 23.2 Å². The number of piperidine rings is 3. The smallest absolute Gasteiger partial charge is 0.414 e. The summed E-state index contributed by atoms with van der Waals surface area (Å²) >= 11 is 13.2. The summed E-state index contributed by atoms with van der Waals surface area (Å²) in [5.74, 6) is -0.788. The van der Waals surface area contributed by atoms with Crippen LogP contribution in [-0.4, -0.2) is 62.0 Å². The van der Waals surface area contributed by atoms with Crippen LogP contribution in [0.3, 0.4) is 0 Å². The standard InChI is InChI=1S/C38H36Cl2N4O7/c1-49-33-10-9-25(16-34(33)50-2)29(17-30-31(39)20-43(48)21-32(30)40)36-26(6-4-8-28(36)37(45)46)19-44(27-7-3-5-23(15-27)18-41)38(47)51-35-22-42-13-11-24(35)12-14-42/h3-10,15-16,20-21,24,29,35H,11-14,17,19,22H2,1-2H3,(H,45,46)/t29-,35-/m0/s1. The molecule has 2 bridgehead atoms. The minimum Gasteiger partial charge on any atom is -0.619 e. The van der Waals surface area contributed by atoms with Crippen molar-refractivity contribution in [3.8, 4) is 17.6 Å². The largest absolute Gasteiger partial charge is 0.619 e. The highest BCUT2D eigenvalue weighted by atomic mass is 35.5. The van der Waals surface area contributed by atoms with Gasteiger partial charge in [0.25, 0.3) is 0 Å². The minimum absolute atomic E-state index is 0.00849. The van der Waals surface area contributed by atoms with Crippen molar-refractivity contribution in [2.24, 2.45) is 5.92 Å². The zero-order valence-corrected chi connectivity index (χ0v) is 29.6. The molecular weight excluding hydrogens is 695 g/mol. The molecule has 1 amide bonds. The number of hydrogen-bond donors (Lipinski definition) is 1. The first-order chi connectivity index (χ1) is 24.6. The Bertz CT molecular complexity index is 1970. The highest BCUT2D eigenvalue weighted by molar-refractivity contribution is 6.35. The zero-order chi connectivity index (χ0) is 36.2. The van der Waals surface area contributed by atoms with Crippen molar-refractivity contribution in [3.05, 3.63) is 122 Å². The van der Waals surface area contributed by atoms with Gasteiger partial charge in [-0.25, -0.2) is 9.59 Å². The van der Waals surface area contributed by atoms with Gasteiger partial charge in [-0.2, -0.15) is 9.99 Å². The molecule has 51 heavy (non-hydrogen) atoms. The molecule has 0 saturated carbocycles. The van der Waals surface area contributed by atoms with Crippen molar-refractivity contribution >= 4 is 41.0 Å². The Morgan fingerprint density at radius 1 is 1.04 bits per heavy atom. The van der Waals surface area contributed by atoms with E-state index in [4.69, 9.17) is 37.4 Å². The number of aromatic carboxylic acids is 1. The van der Waals surface area contributed by atoms with Gasteiger partial charge in [0, 0.05) is 23.7 Å². The molecule has 11 nitrogen and oxygen atoms in total. The lowest BCUT2D eigenvalue weighted by Crippen LogP contribution is -2.53. The molecule has 0 unspecified atom stereocenters. The lowest BCUT2D eigenvalue weighted by atomic mass is 9.80. The SMILES string of the molecule is COc1ccc([C@H](Cc2c(Cl)c[n+]([O-])cc2Cl)c2c(CN(C(=O)O[C@H]3CN4CCC3CC4)c3cccc(C#N)c3)cccc2C(=O)O)cc1OC. The summed E-state index contributed by atoms with van der Waals surface area (Å²) in [5, 5.41) is 32.7. The highest BCUT2D eigenvalue weighted by Gasteiger charge is 2.38. The van der Waals surface area contributed by atoms with Crippen molar-refractivity contribution < 1.29 is 33.6 Å². The van der Waals surface area contributed by atoms with Gasteiger partial charge in [-0.05, 0) is 91.4 Å². The molecule has 2 atom stereocenters. The topological polar surface area (TPSA) is 139 Å².